The van der Waals surface area contributed by atoms with Crippen LogP contribution in [0, 0.1) is 13.8 Å². The van der Waals surface area contributed by atoms with E-state index in [-0.39, 0.29) is 13.2 Å². The molecule has 0 aliphatic rings. The van der Waals surface area contributed by atoms with Crippen molar-refractivity contribution in [2.45, 2.75) is 26.4 Å². The van der Waals surface area contributed by atoms with Crippen LogP contribution < -0.4 is 0 Å². The Bertz CT molecular complexity index is 387. The van der Waals surface area contributed by atoms with Crippen molar-refractivity contribution in [2.75, 3.05) is 13.2 Å². The van der Waals surface area contributed by atoms with Crippen molar-refractivity contribution in [3.05, 3.63) is 34.9 Å². The van der Waals surface area contributed by atoms with Crippen LogP contribution in [0.15, 0.2) is 18.2 Å². The van der Waals surface area contributed by atoms with E-state index in [4.69, 9.17) is 14.9 Å². The van der Waals surface area contributed by atoms with E-state index in [2.05, 4.69) is 0 Å². The quantitative estimate of drug-likeness (QED) is 0.742. The molecule has 2 N–H and O–H groups in total. The zero-order valence-corrected chi connectivity index (χ0v) is 10.1. The second-order valence-electron chi connectivity index (χ2n) is 4.03. The average Bonchev–Trinajstić information content (AvgIpc) is 2.25. The highest BCUT2D eigenvalue weighted by molar-refractivity contribution is 5.75. The Kier molecular flexibility index (Phi) is 5.12. The maximum Gasteiger partial charge on any atom is 0.337 e. The third-order valence-electron chi connectivity index (χ3n) is 2.52. The third kappa shape index (κ3) is 3.84. The first-order valence-corrected chi connectivity index (χ1v) is 5.58. The summed E-state index contributed by atoms with van der Waals surface area (Å²) in [4.78, 5) is 11.1. The molecule has 1 rings (SSSR count). The molecule has 0 aliphatic carbocycles. The van der Waals surface area contributed by atoms with Crippen molar-refractivity contribution < 1.29 is 19.7 Å². The van der Waals surface area contributed by atoms with Crippen molar-refractivity contribution in [1.29, 1.82) is 0 Å². The summed E-state index contributed by atoms with van der Waals surface area (Å²) in [6.07, 6.45) is -0.517. The Labute approximate surface area is 101 Å². The largest absolute Gasteiger partial charge is 0.479 e. The number of rotatable bonds is 6. The topological polar surface area (TPSA) is 66.8 Å². The van der Waals surface area contributed by atoms with Crippen molar-refractivity contribution in [3.63, 3.8) is 0 Å². The lowest BCUT2D eigenvalue weighted by atomic mass is 10.0. The Hall–Kier alpha value is -1.39. The number of benzene rings is 1. The van der Waals surface area contributed by atoms with E-state index in [0.717, 1.165) is 11.1 Å². The predicted octanol–water partition coefficient (Wildman–Crippen LogP) is 1.83. The molecule has 0 aliphatic heterocycles. The molecule has 0 radical (unpaired) electrons. The van der Waals surface area contributed by atoms with E-state index in [1.54, 1.807) is 6.07 Å². The number of ether oxygens (including phenoxy) is 1. The SMILES string of the molecule is Cc1ccc(C(OCCCO)C(=O)O)c(C)c1. The number of carboxylic acid groups (broad SMARTS) is 1. The van der Waals surface area contributed by atoms with Gasteiger partial charge in [-0.2, -0.15) is 0 Å². The van der Waals surface area contributed by atoms with Crippen molar-refractivity contribution in [3.8, 4) is 0 Å². The highest BCUT2D eigenvalue weighted by Gasteiger charge is 2.21. The standard InChI is InChI=1S/C13H18O4/c1-9-4-5-11(10(2)8-9)12(13(15)16)17-7-3-6-14/h4-5,8,12,14H,3,6-7H2,1-2H3,(H,15,16). The summed E-state index contributed by atoms with van der Waals surface area (Å²) in [5.41, 5.74) is 2.66. The number of aliphatic hydroxyl groups is 1. The van der Waals surface area contributed by atoms with Gasteiger partial charge in [0.15, 0.2) is 6.10 Å². The maximum absolute atomic E-state index is 11.1. The van der Waals surface area contributed by atoms with Crippen LogP contribution in [0.5, 0.6) is 0 Å². The predicted molar refractivity (Wildman–Crippen MR) is 63.9 cm³/mol. The molecule has 0 fully saturated rings. The minimum absolute atomic E-state index is 0.000775. The Morgan fingerprint density at radius 3 is 2.65 bits per heavy atom. The second kappa shape index (κ2) is 6.37. The Morgan fingerprint density at radius 1 is 1.41 bits per heavy atom. The van der Waals surface area contributed by atoms with Crippen molar-refractivity contribution >= 4 is 5.97 Å². The molecule has 0 aromatic heterocycles. The Balaban J connectivity index is 2.86. The molecular weight excluding hydrogens is 220 g/mol. The lowest BCUT2D eigenvalue weighted by Gasteiger charge is -2.16. The van der Waals surface area contributed by atoms with E-state index >= 15 is 0 Å². The number of carboxylic acids is 1. The fraction of sp³-hybridized carbons (Fsp3) is 0.462. The Morgan fingerprint density at radius 2 is 2.12 bits per heavy atom. The minimum atomic E-state index is -1.00. The van der Waals surface area contributed by atoms with Crippen molar-refractivity contribution in [1.82, 2.24) is 0 Å². The van der Waals surface area contributed by atoms with Crippen LogP contribution in [0.4, 0.5) is 0 Å². The highest BCUT2D eigenvalue weighted by atomic mass is 16.5. The van der Waals surface area contributed by atoms with E-state index in [9.17, 15) is 4.79 Å². The monoisotopic (exact) mass is 238 g/mol. The van der Waals surface area contributed by atoms with Crippen LogP contribution >= 0.6 is 0 Å². The van der Waals surface area contributed by atoms with Gasteiger partial charge in [0.1, 0.15) is 0 Å². The number of aliphatic hydroxyl groups excluding tert-OH is 1. The summed E-state index contributed by atoms with van der Waals surface area (Å²) in [7, 11) is 0. The first kappa shape index (κ1) is 13.7. The summed E-state index contributed by atoms with van der Waals surface area (Å²) in [5, 5.41) is 17.8. The van der Waals surface area contributed by atoms with E-state index < -0.39 is 12.1 Å². The molecule has 4 heteroatoms. The van der Waals surface area contributed by atoms with Gasteiger partial charge in [-0.25, -0.2) is 4.79 Å². The molecular formula is C13H18O4. The summed E-state index contributed by atoms with van der Waals surface area (Å²) < 4.78 is 5.29. The lowest BCUT2D eigenvalue weighted by Crippen LogP contribution is -2.17. The molecule has 1 aromatic rings. The number of carbonyl (C=O) groups is 1. The molecule has 1 atom stereocenters. The van der Waals surface area contributed by atoms with Crippen LogP contribution in [-0.2, 0) is 9.53 Å². The van der Waals surface area contributed by atoms with Gasteiger partial charge in [0.05, 0.1) is 6.61 Å². The van der Waals surface area contributed by atoms with E-state index in [0.29, 0.717) is 12.0 Å². The number of aliphatic carboxylic acids is 1. The number of hydrogen-bond donors (Lipinski definition) is 2. The highest BCUT2D eigenvalue weighted by Crippen LogP contribution is 2.22. The summed E-state index contributed by atoms with van der Waals surface area (Å²) >= 11 is 0. The zero-order valence-electron chi connectivity index (χ0n) is 10.1. The van der Waals surface area contributed by atoms with Gasteiger partial charge in [-0.05, 0) is 31.4 Å². The van der Waals surface area contributed by atoms with Crippen LogP contribution in [0.1, 0.15) is 29.2 Å². The molecule has 1 aromatic carbocycles. The molecule has 1 unspecified atom stereocenters. The second-order valence-corrected chi connectivity index (χ2v) is 4.03. The maximum atomic E-state index is 11.1. The fourth-order valence-electron chi connectivity index (χ4n) is 1.68. The number of aryl methyl sites for hydroxylation is 2. The van der Waals surface area contributed by atoms with E-state index in [1.807, 2.05) is 26.0 Å². The number of hydrogen-bond acceptors (Lipinski definition) is 3. The third-order valence-corrected chi connectivity index (χ3v) is 2.52. The van der Waals surface area contributed by atoms with Crippen molar-refractivity contribution in [2.24, 2.45) is 0 Å². The van der Waals surface area contributed by atoms with Gasteiger partial charge in [-0.15, -0.1) is 0 Å². The molecule has 4 nitrogen and oxygen atoms in total. The van der Waals surface area contributed by atoms with Crippen LogP contribution in [-0.4, -0.2) is 29.4 Å². The smallest absolute Gasteiger partial charge is 0.337 e. The zero-order chi connectivity index (χ0) is 12.8. The van der Waals surface area contributed by atoms with Gasteiger partial charge < -0.3 is 14.9 Å². The normalized spacial score (nSPS) is 12.4. The van der Waals surface area contributed by atoms with Gasteiger partial charge in [0.25, 0.3) is 0 Å². The first-order valence-electron chi connectivity index (χ1n) is 5.58. The summed E-state index contributed by atoms with van der Waals surface area (Å²) in [5.74, 6) is -1.00. The molecule has 0 bridgehead atoms. The molecule has 0 amide bonds. The molecule has 94 valence electrons. The van der Waals surface area contributed by atoms with Gasteiger partial charge in [0, 0.05) is 6.61 Å². The van der Waals surface area contributed by atoms with Gasteiger partial charge >= 0.3 is 5.97 Å². The van der Waals surface area contributed by atoms with Crippen LogP contribution in [0.3, 0.4) is 0 Å². The average molecular weight is 238 g/mol. The summed E-state index contributed by atoms with van der Waals surface area (Å²) in [6.45, 7) is 4.06. The minimum Gasteiger partial charge on any atom is -0.479 e. The molecule has 0 saturated heterocycles. The molecule has 0 saturated carbocycles. The van der Waals surface area contributed by atoms with Gasteiger partial charge in [-0.1, -0.05) is 23.8 Å². The fourth-order valence-corrected chi connectivity index (χ4v) is 1.68. The molecule has 0 heterocycles. The lowest BCUT2D eigenvalue weighted by molar-refractivity contribution is -0.151. The van der Waals surface area contributed by atoms with Gasteiger partial charge in [0.2, 0.25) is 0 Å². The first-order chi connectivity index (χ1) is 8.06. The van der Waals surface area contributed by atoms with Gasteiger partial charge in [-0.3, -0.25) is 0 Å². The van der Waals surface area contributed by atoms with Crippen LogP contribution in [0.25, 0.3) is 0 Å². The molecule has 17 heavy (non-hydrogen) atoms. The molecule has 0 spiro atoms. The van der Waals surface area contributed by atoms with Crippen LogP contribution in [0.2, 0.25) is 0 Å². The summed E-state index contributed by atoms with van der Waals surface area (Å²) in [6, 6.07) is 5.58. The van der Waals surface area contributed by atoms with E-state index in [1.165, 1.54) is 0 Å².